The number of fused-ring (bicyclic) bond motifs is 9. The van der Waals surface area contributed by atoms with Gasteiger partial charge in [0.2, 0.25) is 0 Å². The van der Waals surface area contributed by atoms with Crippen molar-refractivity contribution in [1.29, 1.82) is 0 Å². The molecule has 38 heavy (non-hydrogen) atoms. The van der Waals surface area contributed by atoms with Crippen molar-refractivity contribution in [3.8, 4) is 16.9 Å². The van der Waals surface area contributed by atoms with Crippen LogP contribution < -0.4 is 10.5 Å². The molecule has 5 heterocycles. The Balaban J connectivity index is 1.42. The van der Waals surface area contributed by atoms with Crippen LogP contribution in [0.15, 0.2) is 42.9 Å². The highest BCUT2D eigenvalue weighted by atomic mass is 19.3. The zero-order valence-electron chi connectivity index (χ0n) is 22.6. The average molecular weight is 526 g/mol. The number of aromatic nitrogens is 4. The molecule has 2 aliphatic heterocycles. The normalized spacial score (nSPS) is 22.8. The molecule has 1 aromatic carbocycles. The molecule has 4 aromatic rings. The molecule has 1 fully saturated rings. The summed E-state index contributed by atoms with van der Waals surface area (Å²) in [6, 6.07) is 4.58. The maximum Gasteiger partial charge on any atom is 0.387 e. The fraction of sp³-hybridized carbons (Fsp3) is 0.308. The lowest BCUT2D eigenvalue weighted by molar-refractivity contribution is -0.0613. The van der Waals surface area contributed by atoms with E-state index in [4.69, 9.17) is 19.3 Å². The van der Waals surface area contributed by atoms with Crippen molar-refractivity contribution in [3.05, 3.63) is 76.9 Å². The number of hydrogen-bond acceptors (Lipinski definition) is 7. The fourth-order valence-corrected chi connectivity index (χ4v) is 5.61. The second-order valence-corrected chi connectivity index (χ2v) is 9.68. The van der Waals surface area contributed by atoms with Gasteiger partial charge in [-0.25, -0.2) is 18.9 Å². The third-order valence-electron chi connectivity index (χ3n) is 7.43. The molecule has 0 saturated carbocycles. The summed E-state index contributed by atoms with van der Waals surface area (Å²) in [5, 5.41) is 4.48. The van der Waals surface area contributed by atoms with Crippen LogP contribution in [-0.2, 0) is 10.3 Å². The van der Waals surface area contributed by atoms with Gasteiger partial charge in [-0.05, 0) is 24.6 Å². The van der Waals surface area contributed by atoms with E-state index < -0.39 is 42.8 Å². The van der Waals surface area contributed by atoms with Gasteiger partial charge in [-0.3, -0.25) is 4.79 Å². The second-order valence-electron chi connectivity index (χ2n) is 9.68. The molecule has 0 radical (unpaired) electrons. The second kappa shape index (κ2) is 7.98. The molecule has 2 atom stereocenters. The molecule has 12 heteroatoms. The van der Waals surface area contributed by atoms with Gasteiger partial charge >= 0.3 is 6.61 Å². The molecule has 7 rings (SSSR count). The number of pyridine rings is 1. The monoisotopic (exact) mass is 525 g/mol. The molecule has 1 saturated heterocycles. The quantitative estimate of drug-likeness (QED) is 0.435. The van der Waals surface area contributed by atoms with Crippen LogP contribution in [0.1, 0.15) is 55.5 Å². The van der Waals surface area contributed by atoms with E-state index in [1.54, 1.807) is 0 Å². The van der Waals surface area contributed by atoms with Crippen LogP contribution in [0.4, 0.5) is 13.2 Å². The summed E-state index contributed by atoms with van der Waals surface area (Å²) in [5.41, 5.74) is 7.12. The topological polar surface area (TPSA) is 108 Å². The van der Waals surface area contributed by atoms with Gasteiger partial charge in [0.25, 0.3) is 5.91 Å². The molecule has 0 unspecified atom stereocenters. The highest BCUT2D eigenvalue weighted by Gasteiger charge is 2.46. The van der Waals surface area contributed by atoms with Gasteiger partial charge in [0.15, 0.2) is 5.82 Å². The Bertz CT molecular complexity index is 1730. The third kappa shape index (κ3) is 3.19. The number of nitrogens with two attached hydrogens (primary N) is 1. The van der Waals surface area contributed by atoms with Crippen LogP contribution in [0.25, 0.3) is 16.6 Å². The minimum absolute atomic E-state index is 0.0567. The molecule has 2 bridgehead atoms. The fourth-order valence-electron chi connectivity index (χ4n) is 5.61. The number of carbonyl (C=O) groups is 1. The largest absolute Gasteiger partial charge is 0.434 e. The van der Waals surface area contributed by atoms with Crippen LogP contribution in [0.5, 0.6) is 5.75 Å². The first-order valence-corrected chi connectivity index (χ1v) is 11.8. The van der Waals surface area contributed by atoms with Gasteiger partial charge in [-0.2, -0.15) is 13.9 Å². The minimum Gasteiger partial charge on any atom is -0.434 e. The van der Waals surface area contributed by atoms with Gasteiger partial charge in [-0.15, -0.1) is 0 Å². The smallest absolute Gasteiger partial charge is 0.387 e. The summed E-state index contributed by atoms with van der Waals surface area (Å²) in [5.74, 6) is -2.12. The zero-order valence-corrected chi connectivity index (χ0v) is 19.6. The van der Waals surface area contributed by atoms with E-state index in [2.05, 4.69) is 15.1 Å². The Kier molecular flexibility index (Phi) is 4.20. The van der Waals surface area contributed by atoms with E-state index in [1.165, 1.54) is 41.2 Å². The Labute approximate surface area is 218 Å². The van der Waals surface area contributed by atoms with Gasteiger partial charge in [0, 0.05) is 57.2 Å². The van der Waals surface area contributed by atoms with E-state index in [-0.39, 0.29) is 47.8 Å². The molecule has 0 spiro atoms. The Hall–Kier alpha value is -4.03. The minimum atomic E-state index is -3.18. The number of benzene rings is 1. The van der Waals surface area contributed by atoms with E-state index in [1.807, 2.05) is 0 Å². The van der Waals surface area contributed by atoms with Crippen LogP contribution in [0.3, 0.4) is 0 Å². The molecule has 2 N–H and O–H groups in total. The summed E-state index contributed by atoms with van der Waals surface area (Å²) >= 11 is 0. The lowest BCUT2D eigenvalue weighted by Gasteiger charge is -2.35. The van der Waals surface area contributed by atoms with Crippen molar-refractivity contribution >= 4 is 11.4 Å². The summed E-state index contributed by atoms with van der Waals surface area (Å²) in [6.45, 7) is -5.51. The van der Waals surface area contributed by atoms with E-state index in [9.17, 15) is 13.6 Å². The number of hydrogen-bond donors (Lipinski definition) is 1. The number of nitrogens with zero attached hydrogens (tertiary/aromatic N) is 5. The summed E-state index contributed by atoms with van der Waals surface area (Å²) in [6.07, 6.45) is 4.10. The molecule has 3 aromatic heterocycles. The molecule has 3 aliphatic rings. The SMILES string of the molecule is [2H]C([2H])([2H])N1C(=O)c2cccc(OC(F)F)c2[C@H]2C[C@@H]1c1nn3cc(F)c(-c4cnc(C5(N)COC5)nc4)cc3c12. The van der Waals surface area contributed by atoms with Crippen LogP contribution in [0, 0.1) is 5.82 Å². The van der Waals surface area contributed by atoms with E-state index in [0.29, 0.717) is 22.5 Å². The van der Waals surface area contributed by atoms with E-state index in [0.717, 1.165) is 11.1 Å². The summed E-state index contributed by atoms with van der Waals surface area (Å²) in [4.78, 5) is 22.9. The highest BCUT2D eigenvalue weighted by Crippen LogP contribution is 2.53. The predicted molar refractivity (Wildman–Crippen MR) is 127 cm³/mol. The standard InChI is InChI=1S/C26H21F3N6O3/c1-34-18-6-15(20-13(23(34)36)3-2-4-19(20)38-25(28)29)21-17-5-14(16(27)9-35(17)33-22(18)21)12-7-31-24(32-8-12)26(30)10-37-11-26/h2-5,7-9,15,18,25H,6,10-11,30H2,1H3/t15-,18-/m1/s1/i1D3. The van der Waals surface area contributed by atoms with Gasteiger partial charge in [-0.1, -0.05) is 6.07 Å². The van der Waals surface area contributed by atoms with Crippen LogP contribution in [-0.4, -0.2) is 57.2 Å². The van der Waals surface area contributed by atoms with Crippen molar-refractivity contribution in [2.24, 2.45) is 5.73 Å². The van der Waals surface area contributed by atoms with Gasteiger partial charge in [0.1, 0.15) is 17.1 Å². The summed E-state index contributed by atoms with van der Waals surface area (Å²) in [7, 11) is 0. The van der Waals surface area contributed by atoms with Crippen molar-refractivity contribution in [2.45, 2.75) is 30.5 Å². The number of ether oxygens (including phenoxy) is 2. The molecule has 1 amide bonds. The number of amides is 1. The third-order valence-corrected chi connectivity index (χ3v) is 7.43. The molecular weight excluding hydrogens is 501 g/mol. The first-order valence-electron chi connectivity index (χ1n) is 13.3. The predicted octanol–water partition coefficient (Wildman–Crippen LogP) is 3.38. The summed E-state index contributed by atoms with van der Waals surface area (Å²) < 4.78 is 77.8. The first kappa shape index (κ1) is 20.0. The maximum atomic E-state index is 15.4. The maximum absolute atomic E-state index is 15.4. The van der Waals surface area contributed by atoms with Crippen molar-refractivity contribution < 1.29 is 31.6 Å². The lowest BCUT2D eigenvalue weighted by Crippen LogP contribution is -2.55. The van der Waals surface area contributed by atoms with Crippen LogP contribution >= 0.6 is 0 Å². The number of halogens is 3. The Morgan fingerprint density at radius 3 is 2.71 bits per heavy atom. The van der Waals surface area contributed by atoms with Crippen molar-refractivity contribution in [1.82, 2.24) is 24.5 Å². The van der Waals surface area contributed by atoms with Crippen LogP contribution in [0.2, 0.25) is 0 Å². The van der Waals surface area contributed by atoms with Gasteiger partial charge < -0.3 is 20.1 Å². The van der Waals surface area contributed by atoms with Crippen molar-refractivity contribution in [3.63, 3.8) is 0 Å². The number of alkyl halides is 2. The van der Waals surface area contributed by atoms with Crippen molar-refractivity contribution in [2.75, 3.05) is 20.2 Å². The highest BCUT2D eigenvalue weighted by molar-refractivity contribution is 5.98. The van der Waals surface area contributed by atoms with E-state index >= 15 is 4.39 Å². The number of rotatable bonds is 4. The molecule has 9 nitrogen and oxygen atoms in total. The molecule has 194 valence electrons. The molecule has 1 aliphatic carbocycles. The number of carbonyl (C=O) groups excluding carboxylic acids is 1. The Morgan fingerprint density at radius 2 is 2.03 bits per heavy atom. The van der Waals surface area contributed by atoms with Gasteiger partial charge in [0.05, 0.1) is 36.7 Å². The first-order chi connectivity index (χ1) is 19.5. The lowest BCUT2D eigenvalue weighted by atomic mass is 9.88. The Morgan fingerprint density at radius 1 is 1.24 bits per heavy atom. The zero-order chi connectivity index (χ0) is 28.8. The average Bonchev–Trinajstić information content (AvgIpc) is 3.38. The molecular formula is C26H21F3N6O3.